The molecule has 138 valence electrons. The van der Waals surface area contributed by atoms with Crippen LogP contribution in [-0.4, -0.2) is 35.7 Å². The van der Waals surface area contributed by atoms with E-state index in [0.29, 0.717) is 23.1 Å². The fourth-order valence-corrected chi connectivity index (χ4v) is 2.48. The van der Waals surface area contributed by atoms with Gasteiger partial charge in [0.2, 0.25) is 0 Å². The summed E-state index contributed by atoms with van der Waals surface area (Å²) in [5.41, 5.74) is 6.04. The number of carbonyl (C=O) groups excluding carboxylic acids is 1. The lowest BCUT2D eigenvalue weighted by molar-refractivity contribution is -0.119. The molecule has 1 aromatic carbocycles. The molecule has 0 spiro atoms. The number of aromatic nitrogens is 2. The van der Waals surface area contributed by atoms with Crippen LogP contribution in [-0.2, 0) is 17.9 Å². The number of aryl methyl sites for hydroxylation is 1. The first-order chi connectivity index (χ1) is 11.6. The fraction of sp³-hybridized carbons (Fsp3) is 0.375. The third-order valence-electron chi connectivity index (χ3n) is 3.31. The number of methoxy groups -OCH3 is 1. The summed E-state index contributed by atoms with van der Waals surface area (Å²) in [4.78, 5) is 14.8. The number of hydrogen-bond acceptors (Lipinski definition) is 5. The molecule has 0 bridgehead atoms. The number of nitrogens with one attached hydrogen (secondary N) is 1. The quantitative estimate of drug-likeness (QED) is 0.607. The molecule has 0 unspecified atom stereocenters. The maximum Gasteiger partial charge on any atom is 0.255 e. The summed E-state index contributed by atoms with van der Waals surface area (Å²) < 4.78 is 12.6. The maximum atomic E-state index is 10.8. The van der Waals surface area contributed by atoms with Crippen molar-refractivity contribution in [1.29, 1.82) is 0 Å². The predicted molar refractivity (Wildman–Crippen MR) is 98.5 cm³/mol. The largest absolute Gasteiger partial charge is 0.493 e. The van der Waals surface area contributed by atoms with E-state index in [1.54, 1.807) is 18.6 Å². The van der Waals surface area contributed by atoms with Gasteiger partial charge in [-0.3, -0.25) is 4.79 Å². The van der Waals surface area contributed by atoms with Gasteiger partial charge in [0.25, 0.3) is 5.91 Å². The van der Waals surface area contributed by atoms with Gasteiger partial charge in [-0.2, -0.15) is 0 Å². The van der Waals surface area contributed by atoms with E-state index in [1.807, 2.05) is 16.8 Å². The first-order valence-corrected chi connectivity index (χ1v) is 7.92. The van der Waals surface area contributed by atoms with Gasteiger partial charge >= 0.3 is 0 Å². The second kappa shape index (κ2) is 10.8. The minimum absolute atomic E-state index is 0. The average molecular weight is 389 g/mol. The van der Waals surface area contributed by atoms with Crippen molar-refractivity contribution in [1.82, 2.24) is 14.9 Å². The van der Waals surface area contributed by atoms with E-state index in [2.05, 4.69) is 10.3 Å². The SMILES string of the molecule is COc1cc(CNCCCn2ccnc2)cc(Cl)c1OCC(N)=O.Cl. The number of carbonyl (C=O) groups is 1. The molecule has 1 aromatic heterocycles. The van der Waals surface area contributed by atoms with E-state index in [4.69, 9.17) is 26.8 Å². The summed E-state index contributed by atoms with van der Waals surface area (Å²) in [6, 6.07) is 3.61. The molecule has 0 saturated carbocycles. The number of imidazole rings is 1. The van der Waals surface area contributed by atoms with Crippen molar-refractivity contribution in [3.63, 3.8) is 0 Å². The fourth-order valence-electron chi connectivity index (χ4n) is 2.20. The number of amides is 1. The third-order valence-corrected chi connectivity index (χ3v) is 3.59. The molecule has 3 N–H and O–H groups in total. The highest BCUT2D eigenvalue weighted by molar-refractivity contribution is 6.32. The zero-order valence-electron chi connectivity index (χ0n) is 13.9. The van der Waals surface area contributed by atoms with Crippen molar-refractivity contribution in [3.8, 4) is 11.5 Å². The Kier molecular flexibility index (Phi) is 9.12. The first kappa shape index (κ1) is 21.1. The van der Waals surface area contributed by atoms with Crippen LogP contribution in [0, 0.1) is 0 Å². The van der Waals surface area contributed by atoms with Crippen molar-refractivity contribution >= 4 is 29.9 Å². The highest BCUT2D eigenvalue weighted by Crippen LogP contribution is 2.36. The molecular weight excluding hydrogens is 367 g/mol. The van der Waals surface area contributed by atoms with E-state index in [0.717, 1.165) is 25.1 Å². The molecule has 0 saturated heterocycles. The molecule has 7 nitrogen and oxygen atoms in total. The van der Waals surface area contributed by atoms with Gasteiger partial charge in [-0.25, -0.2) is 4.98 Å². The molecule has 1 amide bonds. The second-order valence-electron chi connectivity index (χ2n) is 5.19. The molecular formula is C16H22Cl2N4O3. The van der Waals surface area contributed by atoms with Gasteiger partial charge in [0.1, 0.15) is 0 Å². The highest BCUT2D eigenvalue weighted by atomic mass is 35.5. The Morgan fingerprint density at radius 3 is 2.88 bits per heavy atom. The lowest BCUT2D eigenvalue weighted by Gasteiger charge is -2.14. The molecule has 0 radical (unpaired) electrons. The smallest absolute Gasteiger partial charge is 0.255 e. The molecule has 1 heterocycles. The number of benzene rings is 1. The van der Waals surface area contributed by atoms with Crippen molar-refractivity contribution in [3.05, 3.63) is 41.4 Å². The number of ether oxygens (including phenoxy) is 2. The zero-order valence-corrected chi connectivity index (χ0v) is 15.5. The van der Waals surface area contributed by atoms with Crippen LogP contribution >= 0.6 is 24.0 Å². The van der Waals surface area contributed by atoms with Gasteiger partial charge in [0.05, 0.1) is 18.5 Å². The summed E-state index contributed by atoms with van der Waals surface area (Å²) in [7, 11) is 1.52. The topological polar surface area (TPSA) is 91.4 Å². The molecule has 0 aliphatic carbocycles. The van der Waals surface area contributed by atoms with Crippen LogP contribution in [0.4, 0.5) is 0 Å². The number of nitrogens with two attached hydrogens (primary N) is 1. The standard InChI is InChI=1S/C16H21ClN4O3.ClH/c1-23-14-8-12(7-13(17)16(14)24-10-15(18)22)9-19-3-2-5-21-6-4-20-11-21;/h4,6-8,11,19H,2-3,5,9-10H2,1H3,(H2,18,22);1H. The third kappa shape index (κ3) is 6.81. The first-order valence-electron chi connectivity index (χ1n) is 7.54. The Balaban J connectivity index is 0.00000312. The van der Waals surface area contributed by atoms with E-state index in [9.17, 15) is 4.79 Å². The van der Waals surface area contributed by atoms with E-state index < -0.39 is 5.91 Å². The maximum absolute atomic E-state index is 10.8. The number of hydrogen-bond donors (Lipinski definition) is 2. The van der Waals surface area contributed by atoms with Crippen LogP contribution in [0.3, 0.4) is 0 Å². The second-order valence-corrected chi connectivity index (χ2v) is 5.60. The summed E-state index contributed by atoms with van der Waals surface area (Å²) >= 11 is 6.21. The van der Waals surface area contributed by atoms with Crippen LogP contribution in [0.1, 0.15) is 12.0 Å². The molecule has 0 atom stereocenters. The van der Waals surface area contributed by atoms with Crippen LogP contribution in [0.25, 0.3) is 0 Å². The molecule has 2 rings (SSSR count). The molecule has 0 fully saturated rings. The summed E-state index contributed by atoms with van der Waals surface area (Å²) in [5, 5.41) is 3.73. The van der Waals surface area contributed by atoms with Gasteiger partial charge in [-0.15, -0.1) is 12.4 Å². The Morgan fingerprint density at radius 2 is 2.24 bits per heavy atom. The Hall–Kier alpha value is -1.96. The predicted octanol–water partition coefficient (Wildman–Crippen LogP) is 2.01. The van der Waals surface area contributed by atoms with Crippen molar-refractivity contribution in [2.75, 3.05) is 20.3 Å². The van der Waals surface area contributed by atoms with Crippen LogP contribution in [0.15, 0.2) is 30.9 Å². The summed E-state index contributed by atoms with van der Waals surface area (Å²) in [5.74, 6) is 0.220. The van der Waals surface area contributed by atoms with Crippen molar-refractivity contribution < 1.29 is 14.3 Å². The van der Waals surface area contributed by atoms with Crippen LogP contribution in [0.5, 0.6) is 11.5 Å². The van der Waals surface area contributed by atoms with E-state index >= 15 is 0 Å². The van der Waals surface area contributed by atoms with Gasteiger partial charge in [0.15, 0.2) is 18.1 Å². The molecule has 25 heavy (non-hydrogen) atoms. The van der Waals surface area contributed by atoms with Gasteiger partial charge in [-0.1, -0.05) is 11.6 Å². The van der Waals surface area contributed by atoms with E-state index in [-0.39, 0.29) is 19.0 Å². The van der Waals surface area contributed by atoms with Crippen LogP contribution in [0.2, 0.25) is 5.02 Å². The molecule has 0 aliphatic rings. The van der Waals surface area contributed by atoms with E-state index in [1.165, 1.54) is 7.11 Å². The number of halogens is 2. The number of nitrogens with zero attached hydrogens (tertiary/aromatic N) is 2. The van der Waals surface area contributed by atoms with Crippen molar-refractivity contribution in [2.24, 2.45) is 5.73 Å². The van der Waals surface area contributed by atoms with Gasteiger partial charge in [0, 0.05) is 25.5 Å². The van der Waals surface area contributed by atoms with Gasteiger partial charge in [-0.05, 0) is 30.7 Å². The normalized spacial score (nSPS) is 10.2. The minimum Gasteiger partial charge on any atom is -0.493 e. The Bertz CT molecular complexity index is 666. The molecule has 9 heteroatoms. The molecule has 2 aromatic rings. The highest BCUT2D eigenvalue weighted by Gasteiger charge is 2.13. The van der Waals surface area contributed by atoms with Crippen molar-refractivity contribution in [2.45, 2.75) is 19.5 Å². The van der Waals surface area contributed by atoms with Gasteiger partial charge < -0.3 is 25.1 Å². The Labute approximate surface area is 157 Å². The Morgan fingerprint density at radius 1 is 1.44 bits per heavy atom. The summed E-state index contributed by atoms with van der Waals surface area (Å²) in [6.07, 6.45) is 6.50. The number of primary amides is 1. The monoisotopic (exact) mass is 388 g/mol. The molecule has 0 aliphatic heterocycles. The summed E-state index contributed by atoms with van der Waals surface area (Å²) in [6.45, 7) is 2.17. The zero-order chi connectivity index (χ0) is 17.4. The number of rotatable bonds is 10. The lowest BCUT2D eigenvalue weighted by atomic mass is 10.2. The lowest BCUT2D eigenvalue weighted by Crippen LogP contribution is -2.20. The van der Waals surface area contributed by atoms with Crippen LogP contribution < -0.4 is 20.5 Å². The minimum atomic E-state index is -0.572. The average Bonchev–Trinajstić information content (AvgIpc) is 3.06.